The molecule has 0 spiro atoms. The molecule has 0 bridgehead atoms. The number of carbonyl (C=O) groups excluding carboxylic acids is 1. The standard InChI is InChI=1S/C22H18FN5O/c1-14-20-25-26-21(19-11-8-15-4-2-3-5-18(15)24-19)28(20)13-12-27(14)22(29)16-6-9-17(23)10-7-16/h2-11,14H,12-13H2,1H3. The monoisotopic (exact) mass is 387 g/mol. The molecule has 7 heteroatoms. The van der Waals surface area contributed by atoms with Crippen molar-refractivity contribution in [3.8, 4) is 11.5 Å². The Hall–Kier alpha value is -3.61. The van der Waals surface area contributed by atoms with Crippen LogP contribution in [0.3, 0.4) is 0 Å². The lowest BCUT2D eigenvalue weighted by Gasteiger charge is -2.33. The summed E-state index contributed by atoms with van der Waals surface area (Å²) in [6.07, 6.45) is 0. The highest BCUT2D eigenvalue weighted by atomic mass is 19.1. The molecule has 1 atom stereocenters. The highest BCUT2D eigenvalue weighted by Crippen LogP contribution is 2.29. The lowest BCUT2D eigenvalue weighted by atomic mass is 10.1. The Labute approximate surface area is 166 Å². The molecule has 1 amide bonds. The van der Waals surface area contributed by atoms with E-state index in [0.29, 0.717) is 24.5 Å². The Balaban J connectivity index is 1.47. The van der Waals surface area contributed by atoms with E-state index in [1.807, 2.05) is 47.9 Å². The molecule has 29 heavy (non-hydrogen) atoms. The molecular formula is C22H18FN5O. The summed E-state index contributed by atoms with van der Waals surface area (Å²) in [5.74, 6) is 0.917. The number of amides is 1. The van der Waals surface area contributed by atoms with Crippen molar-refractivity contribution in [2.45, 2.75) is 19.5 Å². The number of aromatic nitrogens is 4. The molecule has 0 radical (unpaired) electrons. The van der Waals surface area contributed by atoms with Gasteiger partial charge in [-0.25, -0.2) is 9.37 Å². The maximum absolute atomic E-state index is 13.2. The maximum Gasteiger partial charge on any atom is 0.254 e. The zero-order valence-corrected chi connectivity index (χ0v) is 15.8. The largest absolute Gasteiger partial charge is 0.327 e. The SMILES string of the molecule is CC1c2nnc(-c3ccc4ccccc4n3)n2CCN1C(=O)c1ccc(F)cc1. The summed E-state index contributed by atoms with van der Waals surface area (Å²) < 4.78 is 15.2. The molecule has 0 saturated carbocycles. The van der Waals surface area contributed by atoms with Crippen LogP contribution in [0, 0.1) is 5.82 Å². The summed E-state index contributed by atoms with van der Waals surface area (Å²) in [4.78, 5) is 19.4. The predicted molar refractivity (Wildman–Crippen MR) is 107 cm³/mol. The van der Waals surface area contributed by atoms with E-state index in [-0.39, 0.29) is 17.8 Å². The highest BCUT2D eigenvalue weighted by Gasteiger charge is 2.32. The van der Waals surface area contributed by atoms with E-state index in [2.05, 4.69) is 10.2 Å². The van der Waals surface area contributed by atoms with Gasteiger partial charge >= 0.3 is 0 Å². The second-order valence-electron chi connectivity index (χ2n) is 7.10. The minimum absolute atomic E-state index is 0.142. The van der Waals surface area contributed by atoms with Gasteiger partial charge in [-0.05, 0) is 43.3 Å². The third-order valence-corrected chi connectivity index (χ3v) is 5.36. The van der Waals surface area contributed by atoms with Crippen molar-refractivity contribution in [2.75, 3.05) is 6.54 Å². The molecular weight excluding hydrogens is 369 g/mol. The molecule has 0 N–H and O–H groups in total. The first kappa shape index (κ1) is 17.5. The van der Waals surface area contributed by atoms with Crippen LogP contribution in [0.4, 0.5) is 4.39 Å². The minimum atomic E-state index is -0.361. The van der Waals surface area contributed by atoms with Crippen LogP contribution in [0.5, 0.6) is 0 Å². The van der Waals surface area contributed by atoms with Gasteiger partial charge < -0.3 is 9.47 Å². The van der Waals surface area contributed by atoms with Crippen LogP contribution in [0.25, 0.3) is 22.4 Å². The molecule has 4 aromatic rings. The topological polar surface area (TPSA) is 63.9 Å². The first-order valence-corrected chi connectivity index (χ1v) is 9.47. The third-order valence-electron chi connectivity index (χ3n) is 5.36. The number of fused-ring (bicyclic) bond motifs is 2. The van der Waals surface area contributed by atoms with Crippen LogP contribution in [0.2, 0.25) is 0 Å². The second kappa shape index (κ2) is 6.77. The van der Waals surface area contributed by atoms with Crippen LogP contribution in [0.15, 0.2) is 60.7 Å². The van der Waals surface area contributed by atoms with Crippen molar-refractivity contribution in [2.24, 2.45) is 0 Å². The van der Waals surface area contributed by atoms with E-state index < -0.39 is 0 Å². The van der Waals surface area contributed by atoms with Crippen molar-refractivity contribution >= 4 is 16.8 Å². The van der Waals surface area contributed by atoms with Crippen molar-refractivity contribution in [1.82, 2.24) is 24.6 Å². The molecule has 1 unspecified atom stereocenters. The summed E-state index contributed by atoms with van der Waals surface area (Å²) in [7, 11) is 0. The van der Waals surface area contributed by atoms with Gasteiger partial charge in [-0.15, -0.1) is 10.2 Å². The number of benzene rings is 2. The number of rotatable bonds is 2. The van der Waals surface area contributed by atoms with Gasteiger partial charge in [-0.3, -0.25) is 4.79 Å². The predicted octanol–water partition coefficient (Wildman–Crippen LogP) is 3.85. The van der Waals surface area contributed by atoms with Gasteiger partial charge in [0, 0.05) is 24.0 Å². The fraction of sp³-hybridized carbons (Fsp3) is 0.182. The molecule has 1 aliphatic rings. The van der Waals surface area contributed by atoms with E-state index >= 15 is 0 Å². The molecule has 144 valence electrons. The van der Waals surface area contributed by atoms with Gasteiger partial charge in [0.05, 0.1) is 11.6 Å². The molecule has 0 saturated heterocycles. The summed E-state index contributed by atoms with van der Waals surface area (Å²) >= 11 is 0. The molecule has 1 aliphatic heterocycles. The first-order chi connectivity index (χ1) is 14.1. The van der Waals surface area contributed by atoms with Crippen LogP contribution in [-0.2, 0) is 6.54 Å². The van der Waals surface area contributed by atoms with Crippen LogP contribution < -0.4 is 0 Å². The number of halogens is 1. The number of carbonyl (C=O) groups is 1. The molecule has 5 rings (SSSR count). The number of hydrogen-bond donors (Lipinski definition) is 0. The number of hydrogen-bond acceptors (Lipinski definition) is 4. The third kappa shape index (κ3) is 2.95. The number of para-hydroxylation sites is 1. The molecule has 0 aliphatic carbocycles. The van der Waals surface area contributed by atoms with Gasteiger partial charge in [0.2, 0.25) is 0 Å². The second-order valence-corrected chi connectivity index (χ2v) is 7.10. The van der Waals surface area contributed by atoms with Crippen molar-refractivity contribution < 1.29 is 9.18 Å². The summed E-state index contributed by atoms with van der Waals surface area (Å²) in [5, 5.41) is 9.79. The first-order valence-electron chi connectivity index (χ1n) is 9.47. The van der Waals surface area contributed by atoms with Gasteiger partial charge in [0.25, 0.3) is 5.91 Å². The normalized spacial score (nSPS) is 16.1. The Morgan fingerprint density at radius 2 is 1.79 bits per heavy atom. The average molecular weight is 387 g/mol. The highest BCUT2D eigenvalue weighted by molar-refractivity contribution is 5.94. The van der Waals surface area contributed by atoms with E-state index in [1.54, 1.807) is 4.90 Å². The van der Waals surface area contributed by atoms with E-state index in [0.717, 1.165) is 22.4 Å². The van der Waals surface area contributed by atoms with Crippen molar-refractivity contribution in [3.05, 3.63) is 77.9 Å². The minimum Gasteiger partial charge on any atom is -0.327 e. The van der Waals surface area contributed by atoms with E-state index in [9.17, 15) is 9.18 Å². The Kier molecular flexibility index (Phi) is 4.08. The fourth-order valence-electron chi connectivity index (χ4n) is 3.80. The van der Waals surface area contributed by atoms with Crippen LogP contribution >= 0.6 is 0 Å². The zero-order valence-electron chi connectivity index (χ0n) is 15.8. The summed E-state index contributed by atoms with van der Waals surface area (Å²) in [6.45, 7) is 3.02. The Bertz CT molecular complexity index is 1220. The van der Waals surface area contributed by atoms with Crippen LogP contribution in [-0.4, -0.2) is 37.1 Å². The molecule has 0 fully saturated rings. The number of nitrogens with zero attached hydrogens (tertiary/aromatic N) is 5. The molecule has 2 aromatic heterocycles. The van der Waals surface area contributed by atoms with Crippen LogP contribution in [0.1, 0.15) is 29.1 Å². The summed E-state index contributed by atoms with van der Waals surface area (Å²) in [6, 6.07) is 17.3. The maximum atomic E-state index is 13.2. The quantitative estimate of drug-likeness (QED) is 0.524. The Morgan fingerprint density at radius 3 is 2.62 bits per heavy atom. The van der Waals surface area contributed by atoms with Gasteiger partial charge in [-0.2, -0.15) is 0 Å². The molecule has 2 aromatic carbocycles. The van der Waals surface area contributed by atoms with Gasteiger partial charge in [0.1, 0.15) is 11.5 Å². The smallest absolute Gasteiger partial charge is 0.254 e. The van der Waals surface area contributed by atoms with Gasteiger partial charge in [0.15, 0.2) is 11.6 Å². The fourth-order valence-corrected chi connectivity index (χ4v) is 3.80. The van der Waals surface area contributed by atoms with Crippen molar-refractivity contribution in [3.63, 3.8) is 0 Å². The van der Waals surface area contributed by atoms with E-state index in [4.69, 9.17) is 4.98 Å². The Morgan fingerprint density at radius 1 is 1.00 bits per heavy atom. The zero-order chi connectivity index (χ0) is 20.0. The lowest BCUT2D eigenvalue weighted by molar-refractivity contribution is 0.0638. The average Bonchev–Trinajstić information content (AvgIpc) is 3.19. The lowest BCUT2D eigenvalue weighted by Crippen LogP contribution is -2.41. The molecule has 3 heterocycles. The van der Waals surface area contributed by atoms with Crippen molar-refractivity contribution in [1.29, 1.82) is 0 Å². The molecule has 6 nitrogen and oxygen atoms in total. The van der Waals surface area contributed by atoms with E-state index in [1.165, 1.54) is 24.3 Å². The summed E-state index contributed by atoms with van der Waals surface area (Å²) in [5.41, 5.74) is 2.12. The van der Waals surface area contributed by atoms with Gasteiger partial charge in [-0.1, -0.05) is 24.3 Å². The number of pyridine rings is 1.